The van der Waals surface area contributed by atoms with Crippen molar-refractivity contribution < 1.29 is 0 Å². The van der Waals surface area contributed by atoms with Crippen LogP contribution in [0.4, 0.5) is 0 Å². The first-order valence-corrected chi connectivity index (χ1v) is 5.49. The molecule has 2 heteroatoms. The molecule has 1 aromatic carbocycles. The molecular formula is C13H18N2. The van der Waals surface area contributed by atoms with Gasteiger partial charge in [0.25, 0.3) is 0 Å². The predicted molar refractivity (Wildman–Crippen MR) is 64.3 cm³/mol. The number of benzene rings is 1. The van der Waals surface area contributed by atoms with Gasteiger partial charge in [0.05, 0.1) is 0 Å². The Morgan fingerprint density at radius 3 is 2.93 bits per heavy atom. The van der Waals surface area contributed by atoms with Crippen molar-refractivity contribution in [2.75, 3.05) is 13.1 Å². The first kappa shape index (κ1) is 10.2. The normalized spacial score (nSPS) is 16.1. The molecule has 2 nitrogen and oxygen atoms in total. The third kappa shape index (κ3) is 2.05. The molecule has 0 aromatic heterocycles. The second-order valence-electron chi connectivity index (χ2n) is 4.13. The van der Waals surface area contributed by atoms with Gasteiger partial charge in [-0.1, -0.05) is 25.6 Å². The topological polar surface area (TPSA) is 29.3 Å². The highest BCUT2D eigenvalue weighted by Crippen LogP contribution is 2.21. The van der Waals surface area contributed by atoms with Gasteiger partial charge in [-0.3, -0.25) is 4.90 Å². The van der Waals surface area contributed by atoms with Crippen LogP contribution in [0.2, 0.25) is 0 Å². The van der Waals surface area contributed by atoms with Crippen molar-refractivity contribution in [3.63, 3.8) is 0 Å². The Bertz CT molecular complexity index is 382. The lowest BCUT2D eigenvalue weighted by Gasteiger charge is -2.27. The van der Waals surface area contributed by atoms with E-state index in [1.165, 1.54) is 17.7 Å². The number of rotatable bonds is 2. The molecule has 2 N–H and O–H groups in total. The lowest BCUT2D eigenvalue weighted by atomic mass is 9.97. The summed E-state index contributed by atoms with van der Waals surface area (Å²) in [4.78, 5) is 2.45. The largest absolute Gasteiger partial charge is 0.399 e. The maximum Gasteiger partial charge on any atom is 0.0314 e. The Hall–Kier alpha value is -1.28. The summed E-state index contributed by atoms with van der Waals surface area (Å²) in [5, 5.41) is 0. The van der Waals surface area contributed by atoms with Crippen LogP contribution in [0.5, 0.6) is 0 Å². The molecule has 0 amide bonds. The van der Waals surface area contributed by atoms with E-state index in [4.69, 9.17) is 5.73 Å². The number of hydrogen-bond donors (Lipinski definition) is 1. The lowest BCUT2D eigenvalue weighted by Crippen LogP contribution is -2.30. The number of nitrogens with two attached hydrogens (primary N) is 1. The molecule has 0 bridgehead atoms. The highest BCUT2D eigenvalue weighted by atomic mass is 15.1. The molecule has 1 aliphatic heterocycles. The van der Waals surface area contributed by atoms with Crippen molar-refractivity contribution in [2.24, 2.45) is 5.73 Å². The van der Waals surface area contributed by atoms with E-state index in [1.54, 1.807) is 0 Å². The van der Waals surface area contributed by atoms with Crippen LogP contribution in [0.1, 0.15) is 23.6 Å². The van der Waals surface area contributed by atoms with Crippen LogP contribution in [0.3, 0.4) is 0 Å². The van der Waals surface area contributed by atoms with E-state index < -0.39 is 0 Å². The van der Waals surface area contributed by atoms with Crippen molar-refractivity contribution in [1.29, 1.82) is 0 Å². The minimum Gasteiger partial charge on any atom is -0.399 e. The maximum atomic E-state index is 5.71. The number of likely N-dealkylation sites (N-methyl/N-ethyl adjacent to an activating group) is 1. The molecule has 2 rings (SSSR count). The third-order valence-corrected chi connectivity index (χ3v) is 3.12. The SMILES string of the molecule is C=C(N)c1ccc2c(c1)CN(CC)CC2. The molecule has 1 aliphatic rings. The van der Waals surface area contributed by atoms with Gasteiger partial charge >= 0.3 is 0 Å². The van der Waals surface area contributed by atoms with Gasteiger partial charge in [-0.15, -0.1) is 0 Å². The number of fused-ring (bicyclic) bond motifs is 1. The molecule has 0 unspecified atom stereocenters. The zero-order valence-corrected chi connectivity index (χ0v) is 9.29. The third-order valence-electron chi connectivity index (χ3n) is 3.12. The summed E-state index contributed by atoms with van der Waals surface area (Å²) < 4.78 is 0. The van der Waals surface area contributed by atoms with E-state index in [9.17, 15) is 0 Å². The minimum absolute atomic E-state index is 0.659. The van der Waals surface area contributed by atoms with E-state index >= 15 is 0 Å². The van der Waals surface area contributed by atoms with Gasteiger partial charge in [0.2, 0.25) is 0 Å². The van der Waals surface area contributed by atoms with Crippen molar-refractivity contribution in [1.82, 2.24) is 4.90 Å². The molecule has 80 valence electrons. The zero-order valence-electron chi connectivity index (χ0n) is 9.29. The molecule has 1 heterocycles. The Kier molecular flexibility index (Phi) is 2.78. The minimum atomic E-state index is 0.659. The van der Waals surface area contributed by atoms with Crippen LogP contribution in [-0.2, 0) is 13.0 Å². The molecule has 15 heavy (non-hydrogen) atoms. The van der Waals surface area contributed by atoms with Gasteiger partial charge in [0, 0.05) is 18.8 Å². The summed E-state index contributed by atoms with van der Waals surface area (Å²) in [6.45, 7) is 9.32. The van der Waals surface area contributed by atoms with Crippen LogP contribution in [0.15, 0.2) is 24.8 Å². The summed E-state index contributed by atoms with van der Waals surface area (Å²) in [5.74, 6) is 0. The molecule has 0 saturated carbocycles. The number of nitrogens with zero attached hydrogens (tertiary/aromatic N) is 1. The lowest BCUT2D eigenvalue weighted by molar-refractivity contribution is 0.268. The van der Waals surface area contributed by atoms with Crippen molar-refractivity contribution >= 4 is 5.70 Å². The average molecular weight is 202 g/mol. The molecule has 0 spiro atoms. The van der Waals surface area contributed by atoms with E-state index in [0.717, 1.165) is 25.1 Å². The van der Waals surface area contributed by atoms with E-state index in [2.05, 4.69) is 36.6 Å². The second-order valence-corrected chi connectivity index (χ2v) is 4.13. The van der Waals surface area contributed by atoms with Gasteiger partial charge in [0.1, 0.15) is 0 Å². The van der Waals surface area contributed by atoms with E-state index in [1.807, 2.05) is 0 Å². The molecule has 0 saturated heterocycles. The van der Waals surface area contributed by atoms with Gasteiger partial charge in [-0.25, -0.2) is 0 Å². The van der Waals surface area contributed by atoms with Gasteiger partial charge in [0.15, 0.2) is 0 Å². The quantitative estimate of drug-likeness (QED) is 0.794. The van der Waals surface area contributed by atoms with Gasteiger partial charge in [-0.05, 0) is 35.7 Å². The van der Waals surface area contributed by atoms with Gasteiger partial charge < -0.3 is 5.73 Å². The summed E-state index contributed by atoms with van der Waals surface area (Å²) in [5.41, 5.74) is 10.3. The molecule has 0 aliphatic carbocycles. The summed E-state index contributed by atoms with van der Waals surface area (Å²) in [6.07, 6.45) is 1.15. The van der Waals surface area contributed by atoms with Crippen LogP contribution in [0.25, 0.3) is 5.70 Å². The highest BCUT2D eigenvalue weighted by Gasteiger charge is 2.14. The second kappa shape index (κ2) is 4.07. The smallest absolute Gasteiger partial charge is 0.0314 e. The Balaban J connectivity index is 2.30. The fraction of sp³-hybridized carbons (Fsp3) is 0.385. The van der Waals surface area contributed by atoms with Crippen molar-refractivity contribution in [2.45, 2.75) is 19.9 Å². The van der Waals surface area contributed by atoms with Crippen LogP contribution in [0, 0.1) is 0 Å². The van der Waals surface area contributed by atoms with E-state index in [-0.39, 0.29) is 0 Å². The highest BCUT2D eigenvalue weighted by molar-refractivity contribution is 5.61. The fourth-order valence-corrected chi connectivity index (χ4v) is 2.09. The number of hydrogen-bond acceptors (Lipinski definition) is 2. The predicted octanol–water partition coefficient (Wildman–Crippen LogP) is 1.99. The standard InChI is InChI=1S/C13H18N2/c1-3-15-7-6-11-4-5-12(10(2)14)8-13(11)9-15/h4-5,8H,2-3,6-7,9,14H2,1H3. The Morgan fingerprint density at radius 2 is 2.27 bits per heavy atom. The molecule has 0 atom stereocenters. The molecule has 0 radical (unpaired) electrons. The summed E-state index contributed by atoms with van der Waals surface area (Å²) >= 11 is 0. The Labute approximate surface area is 91.4 Å². The van der Waals surface area contributed by atoms with E-state index in [0.29, 0.717) is 5.70 Å². The zero-order chi connectivity index (χ0) is 10.8. The molecular weight excluding hydrogens is 184 g/mol. The Morgan fingerprint density at radius 1 is 1.47 bits per heavy atom. The average Bonchev–Trinajstić information content (AvgIpc) is 2.27. The van der Waals surface area contributed by atoms with Crippen LogP contribution >= 0.6 is 0 Å². The first-order valence-electron chi connectivity index (χ1n) is 5.49. The van der Waals surface area contributed by atoms with Crippen LogP contribution < -0.4 is 5.73 Å². The van der Waals surface area contributed by atoms with Crippen molar-refractivity contribution in [3.8, 4) is 0 Å². The van der Waals surface area contributed by atoms with Crippen LogP contribution in [-0.4, -0.2) is 18.0 Å². The van der Waals surface area contributed by atoms with Crippen molar-refractivity contribution in [3.05, 3.63) is 41.5 Å². The monoisotopic (exact) mass is 202 g/mol. The fourth-order valence-electron chi connectivity index (χ4n) is 2.09. The maximum absolute atomic E-state index is 5.71. The van der Waals surface area contributed by atoms with Gasteiger partial charge in [-0.2, -0.15) is 0 Å². The summed E-state index contributed by atoms with van der Waals surface area (Å²) in [6, 6.07) is 6.44. The first-order chi connectivity index (χ1) is 7.20. The summed E-state index contributed by atoms with van der Waals surface area (Å²) in [7, 11) is 0. The molecule has 1 aromatic rings. The molecule has 0 fully saturated rings.